The molecule has 0 spiro atoms. The zero-order valence-corrected chi connectivity index (χ0v) is 18.0. The number of thiazole rings is 1. The van der Waals surface area contributed by atoms with Gasteiger partial charge in [-0.05, 0) is 24.1 Å². The first-order valence-corrected chi connectivity index (χ1v) is 11.0. The smallest absolute Gasteiger partial charge is 0.338 e. The number of amidine groups is 1. The van der Waals surface area contributed by atoms with Crippen molar-refractivity contribution in [2.75, 3.05) is 13.2 Å². The molecule has 0 fully saturated rings. The van der Waals surface area contributed by atoms with E-state index in [-0.39, 0.29) is 24.1 Å². The van der Waals surface area contributed by atoms with Crippen LogP contribution in [0.4, 0.5) is 0 Å². The lowest BCUT2D eigenvalue weighted by atomic mass is 10.1. The standard InChI is InChI=1S/C24H23N3O3S/c1-2-12-30-24(29)18-10-8-16(9-11-18)13-27-14-20(28)21(22(27)25)23-26-19(15-31-23)17-6-4-3-5-7-17/h3-11,15,25,28H,2,12-14H2,1H3. The highest BCUT2D eigenvalue weighted by Crippen LogP contribution is 2.32. The van der Waals surface area contributed by atoms with Crippen molar-refractivity contribution in [3.05, 3.63) is 81.9 Å². The summed E-state index contributed by atoms with van der Waals surface area (Å²) >= 11 is 1.42. The van der Waals surface area contributed by atoms with E-state index in [4.69, 9.17) is 10.1 Å². The Bertz CT molecular complexity index is 1120. The van der Waals surface area contributed by atoms with E-state index in [9.17, 15) is 9.90 Å². The van der Waals surface area contributed by atoms with Gasteiger partial charge in [0.15, 0.2) is 0 Å². The Kier molecular flexibility index (Phi) is 6.13. The van der Waals surface area contributed by atoms with Crippen molar-refractivity contribution in [1.82, 2.24) is 9.88 Å². The van der Waals surface area contributed by atoms with Gasteiger partial charge in [-0.3, -0.25) is 5.41 Å². The number of carbonyl (C=O) groups excluding carboxylic acids is 1. The lowest BCUT2D eigenvalue weighted by molar-refractivity contribution is 0.0505. The second kappa shape index (κ2) is 9.14. The van der Waals surface area contributed by atoms with Crippen LogP contribution < -0.4 is 0 Å². The number of aliphatic hydroxyl groups excluding tert-OH is 1. The van der Waals surface area contributed by atoms with Gasteiger partial charge in [-0.1, -0.05) is 49.4 Å². The highest BCUT2D eigenvalue weighted by molar-refractivity contribution is 7.11. The number of hydrogen-bond donors (Lipinski definition) is 2. The Morgan fingerprint density at radius 2 is 1.94 bits per heavy atom. The van der Waals surface area contributed by atoms with E-state index in [0.717, 1.165) is 23.2 Å². The molecular weight excluding hydrogens is 410 g/mol. The van der Waals surface area contributed by atoms with Gasteiger partial charge in [-0.25, -0.2) is 9.78 Å². The Hall–Kier alpha value is -3.45. The summed E-state index contributed by atoms with van der Waals surface area (Å²) in [5, 5.41) is 21.7. The fourth-order valence-corrected chi connectivity index (χ4v) is 4.26. The van der Waals surface area contributed by atoms with Crippen LogP contribution in [0.2, 0.25) is 0 Å². The summed E-state index contributed by atoms with van der Waals surface area (Å²) in [5.74, 6) is 0.0681. The molecule has 0 amide bonds. The van der Waals surface area contributed by atoms with E-state index in [2.05, 4.69) is 4.98 Å². The molecule has 2 N–H and O–H groups in total. The molecule has 1 aromatic heterocycles. The Morgan fingerprint density at radius 3 is 2.65 bits per heavy atom. The molecule has 6 nitrogen and oxygen atoms in total. The number of benzene rings is 2. The number of rotatable bonds is 7. The molecule has 0 saturated carbocycles. The molecule has 1 aliphatic rings. The maximum absolute atomic E-state index is 11.9. The molecule has 0 aliphatic carbocycles. The number of aromatic nitrogens is 1. The Labute approximate surface area is 185 Å². The van der Waals surface area contributed by atoms with Crippen LogP contribution in [0.5, 0.6) is 0 Å². The van der Waals surface area contributed by atoms with Gasteiger partial charge in [0.05, 0.1) is 30.0 Å². The van der Waals surface area contributed by atoms with E-state index in [1.54, 1.807) is 17.0 Å². The average molecular weight is 434 g/mol. The van der Waals surface area contributed by atoms with Crippen molar-refractivity contribution in [2.45, 2.75) is 19.9 Å². The minimum Gasteiger partial charge on any atom is -0.510 e. The van der Waals surface area contributed by atoms with Gasteiger partial charge in [0.2, 0.25) is 0 Å². The van der Waals surface area contributed by atoms with Gasteiger partial charge in [-0.2, -0.15) is 0 Å². The number of hydrogen-bond acceptors (Lipinski definition) is 6. The summed E-state index contributed by atoms with van der Waals surface area (Å²) in [6.07, 6.45) is 0.783. The fraction of sp³-hybridized carbons (Fsp3) is 0.208. The quantitative estimate of drug-likeness (QED) is 0.504. The van der Waals surface area contributed by atoms with Crippen LogP contribution >= 0.6 is 11.3 Å². The maximum Gasteiger partial charge on any atom is 0.338 e. The molecule has 0 atom stereocenters. The highest BCUT2D eigenvalue weighted by atomic mass is 32.1. The summed E-state index contributed by atoms with van der Waals surface area (Å²) < 4.78 is 5.15. The lowest BCUT2D eigenvalue weighted by Crippen LogP contribution is -2.26. The first-order chi connectivity index (χ1) is 15.1. The van der Waals surface area contributed by atoms with Gasteiger partial charge in [0.1, 0.15) is 16.6 Å². The van der Waals surface area contributed by atoms with Crippen LogP contribution in [0.15, 0.2) is 65.7 Å². The van der Waals surface area contributed by atoms with Crippen molar-refractivity contribution in [1.29, 1.82) is 5.41 Å². The van der Waals surface area contributed by atoms with Crippen molar-refractivity contribution in [2.24, 2.45) is 0 Å². The van der Waals surface area contributed by atoms with Gasteiger partial charge in [-0.15, -0.1) is 11.3 Å². The molecule has 2 aromatic carbocycles. The highest BCUT2D eigenvalue weighted by Gasteiger charge is 2.30. The maximum atomic E-state index is 11.9. The summed E-state index contributed by atoms with van der Waals surface area (Å²) in [7, 11) is 0. The van der Waals surface area contributed by atoms with E-state index in [0.29, 0.717) is 29.3 Å². The molecule has 2 heterocycles. The minimum atomic E-state index is -0.332. The van der Waals surface area contributed by atoms with Crippen molar-refractivity contribution in [3.8, 4) is 11.3 Å². The monoisotopic (exact) mass is 433 g/mol. The lowest BCUT2D eigenvalue weighted by Gasteiger charge is -2.18. The van der Waals surface area contributed by atoms with E-state index in [1.165, 1.54) is 11.3 Å². The predicted octanol–water partition coefficient (Wildman–Crippen LogP) is 5.14. The fourth-order valence-electron chi connectivity index (χ4n) is 3.37. The zero-order valence-electron chi connectivity index (χ0n) is 17.2. The number of aliphatic hydroxyl groups is 1. The normalized spacial score (nSPS) is 13.7. The number of esters is 1. The van der Waals surface area contributed by atoms with E-state index >= 15 is 0 Å². The Balaban J connectivity index is 1.45. The predicted molar refractivity (Wildman–Crippen MR) is 122 cm³/mol. The number of nitrogens with one attached hydrogen (secondary N) is 1. The summed E-state index contributed by atoms with van der Waals surface area (Å²) in [6.45, 7) is 3.07. The molecule has 0 bridgehead atoms. The zero-order chi connectivity index (χ0) is 21.8. The second-order valence-corrected chi connectivity index (χ2v) is 8.12. The van der Waals surface area contributed by atoms with Crippen molar-refractivity contribution >= 4 is 28.7 Å². The molecular formula is C24H23N3O3S. The topological polar surface area (TPSA) is 86.5 Å². The minimum absolute atomic E-state index is 0.152. The third-order valence-corrected chi connectivity index (χ3v) is 5.83. The van der Waals surface area contributed by atoms with E-state index in [1.807, 2.05) is 54.8 Å². The Morgan fingerprint density at radius 1 is 1.19 bits per heavy atom. The van der Waals surface area contributed by atoms with Gasteiger partial charge in [0, 0.05) is 17.5 Å². The largest absolute Gasteiger partial charge is 0.510 e. The molecule has 4 rings (SSSR count). The average Bonchev–Trinajstić information content (AvgIpc) is 3.37. The molecule has 0 radical (unpaired) electrons. The van der Waals surface area contributed by atoms with Crippen LogP contribution in [-0.4, -0.2) is 39.9 Å². The summed E-state index contributed by atoms with van der Waals surface area (Å²) in [6, 6.07) is 17.0. The third kappa shape index (κ3) is 4.51. The first-order valence-electron chi connectivity index (χ1n) is 10.1. The molecule has 0 unspecified atom stereocenters. The molecule has 0 saturated heterocycles. The van der Waals surface area contributed by atoms with Crippen molar-refractivity contribution < 1.29 is 14.6 Å². The van der Waals surface area contributed by atoms with Crippen LogP contribution in [-0.2, 0) is 11.3 Å². The molecule has 7 heteroatoms. The molecule has 31 heavy (non-hydrogen) atoms. The van der Waals surface area contributed by atoms with Gasteiger partial charge in [0.25, 0.3) is 0 Å². The number of ether oxygens (including phenoxy) is 1. The summed E-state index contributed by atoms with van der Waals surface area (Å²) in [4.78, 5) is 18.4. The van der Waals surface area contributed by atoms with Crippen LogP contribution in [0.1, 0.15) is 34.3 Å². The van der Waals surface area contributed by atoms with Crippen LogP contribution in [0, 0.1) is 5.41 Å². The summed E-state index contributed by atoms with van der Waals surface area (Å²) in [5.41, 5.74) is 3.76. The van der Waals surface area contributed by atoms with E-state index < -0.39 is 0 Å². The molecule has 3 aromatic rings. The first kappa shape index (κ1) is 20.8. The van der Waals surface area contributed by atoms with Gasteiger partial charge >= 0.3 is 5.97 Å². The van der Waals surface area contributed by atoms with Gasteiger partial charge < -0.3 is 14.7 Å². The molecule has 1 aliphatic heterocycles. The SMILES string of the molecule is CCCOC(=O)c1ccc(CN2CC(O)=C(c3nc(-c4ccccc4)cs3)C2=N)cc1. The second-order valence-electron chi connectivity index (χ2n) is 7.26. The third-order valence-electron chi connectivity index (χ3n) is 4.97. The molecule has 158 valence electrons. The number of nitrogens with zero attached hydrogens (tertiary/aromatic N) is 2. The van der Waals surface area contributed by atoms with Crippen LogP contribution in [0.25, 0.3) is 16.8 Å². The number of carbonyl (C=O) groups is 1. The van der Waals surface area contributed by atoms with Crippen LogP contribution in [0.3, 0.4) is 0 Å². The van der Waals surface area contributed by atoms with Crippen molar-refractivity contribution in [3.63, 3.8) is 0 Å².